The van der Waals surface area contributed by atoms with Crippen LogP contribution in [-0.4, -0.2) is 47.6 Å². The number of hydrogen-bond acceptors (Lipinski definition) is 4. The van der Waals surface area contributed by atoms with Gasteiger partial charge in [0.25, 0.3) is 11.8 Å². The summed E-state index contributed by atoms with van der Waals surface area (Å²) in [7, 11) is 1.70. The monoisotopic (exact) mass is 599 g/mol. The molecule has 2 unspecified atom stereocenters. The molecule has 2 amide bonds. The van der Waals surface area contributed by atoms with Gasteiger partial charge in [-0.1, -0.05) is 61.5 Å². The van der Waals surface area contributed by atoms with Crippen LogP contribution in [0.25, 0.3) is 0 Å². The predicted octanol–water partition coefficient (Wildman–Crippen LogP) is 5.60. The van der Waals surface area contributed by atoms with Crippen molar-refractivity contribution in [3.05, 3.63) is 142 Å². The number of nitrogens with zero attached hydrogens (tertiary/aromatic N) is 1. The molecular weight excluding hydrogens is 560 g/mol. The lowest BCUT2D eigenvalue weighted by Crippen LogP contribution is -2.48. The average molecular weight is 600 g/mol. The van der Waals surface area contributed by atoms with Gasteiger partial charge in [0.15, 0.2) is 0 Å². The zero-order valence-corrected chi connectivity index (χ0v) is 25.3. The number of halogens is 2. The maximum atomic E-state index is 14.0. The fraction of sp³-hybridized carbons (Fsp3) is 0.278. The molecule has 0 saturated carbocycles. The molecule has 0 aliphatic heterocycles. The SMILES string of the molecule is CCc1cccc(CNCC(O)C(Cc2cc(F)cc(F)c2)NC(=O)c2cc(C)cc(C(=O)N(C)Cc3ccccc3)c2)c1. The van der Waals surface area contributed by atoms with Crippen LogP contribution in [0.2, 0.25) is 0 Å². The highest BCUT2D eigenvalue weighted by atomic mass is 19.1. The molecule has 0 fully saturated rings. The van der Waals surface area contributed by atoms with Gasteiger partial charge in [0.2, 0.25) is 0 Å². The Labute approximate surface area is 257 Å². The topological polar surface area (TPSA) is 81.7 Å². The number of carbonyl (C=O) groups excluding carboxylic acids is 2. The maximum Gasteiger partial charge on any atom is 0.253 e. The minimum atomic E-state index is -1.08. The van der Waals surface area contributed by atoms with Gasteiger partial charge in [-0.3, -0.25) is 9.59 Å². The molecule has 2 atom stereocenters. The number of amides is 2. The normalized spacial score (nSPS) is 12.4. The number of rotatable bonds is 13. The van der Waals surface area contributed by atoms with E-state index < -0.39 is 29.7 Å². The molecular formula is C36H39F2N3O3. The summed E-state index contributed by atoms with van der Waals surface area (Å²) in [6, 6.07) is 24.9. The van der Waals surface area contributed by atoms with E-state index >= 15 is 0 Å². The molecule has 0 heterocycles. The summed E-state index contributed by atoms with van der Waals surface area (Å²) < 4.78 is 28.0. The molecule has 3 N–H and O–H groups in total. The standard InChI is InChI=1S/C36H39F2N3O3/c1-4-25-11-8-12-27(15-25)21-39-22-34(42)33(18-28-16-31(37)20-32(38)17-28)40-35(43)29-13-24(2)14-30(19-29)36(44)41(3)23-26-9-6-5-7-10-26/h5-17,19-20,33-34,39,42H,4,18,21-23H2,1-3H3,(H,40,43). The Morgan fingerprint density at radius 1 is 0.818 bits per heavy atom. The van der Waals surface area contributed by atoms with Crippen molar-refractivity contribution in [2.75, 3.05) is 13.6 Å². The van der Waals surface area contributed by atoms with Gasteiger partial charge in [-0.25, -0.2) is 8.78 Å². The molecule has 6 nitrogen and oxygen atoms in total. The maximum absolute atomic E-state index is 14.0. The lowest BCUT2D eigenvalue weighted by Gasteiger charge is -2.25. The minimum absolute atomic E-state index is 0.00793. The van der Waals surface area contributed by atoms with Crippen LogP contribution in [0.3, 0.4) is 0 Å². The lowest BCUT2D eigenvalue weighted by molar-refractivity contribution is 0.0785. The summed E-state index contributed by atoms with van der Waals surface area (Å²) in [6.07, 6.45) is -0.182. The first-order chi connectivity index (χ1) is 21.1. The third-order valence-electron chi connectivity index (χ3n) is 7.44. The van der Waals surface area contributed by atoms with Gasteiger partial charge in [-0.05, 0) is 77.9 Å². The largest absolute Gasteiger partial charge is 0.390 e. The number of aliphatic hydroxyl groups excluding tert-OH is 1. The molecule has 230 valence electrons. The Morgan fingerprint density at radius 2 is 1.48 bits per heavy atom. The molecule has 4 aromatic carbocycles. The quantitative estimate of drug-likeness (QED) is 0.187. The van der Waals surface area contributed by atoms with E-state index in [1.54, 1.807) is 31.0 Å². The average Bonchev–Trinajstić information content (AvgIpc) is 3.00. The fourth-order valence-electron chi connectivity index (χ4n) is 5.17. The van der Waals surface area contributed by atoms with Crippen molar-refractivity contribution >= 4 is 11.8 Å². The van der Waals surface area contributed by atoms with Crippen molar-refractivity contribution in [1.29, 1.82) is 0 Å². The highest BCUT2D eigenvalue weighted by Gasteiger charge is 2.24. The van der Waals surface area contributed by atoms with Gasteiger partial charge in [0.1, 0.15) is 11.6 Å². The predicted molar refractivity (Wildman–Crippen MR) is 168 cm³/mol. The van der Waals surface area contributed by atoms with Gasteiger partial charge >= 0.3 is 0 Å². The third kappa shape index (κ3) is 9.30. The van der Waals surface area contributed by atoms with Crippen molar-refractivity contribution in [3.8, 4) is 0 Å². The Kier molecular flexibility index (Phi) is 11.4. The molecule has 0 spiro atoms. The van der Waals surface area contributed by atoms with Crippen LogP contribution in [0.1, 0.15) is 55.5 Å². The molecule has 0 bridgehead atoms. The molecule has 44 heavy (non-hydrogen) atoms. The van der Waals surface area contributed by atoms with E-state index in [0.29, 0.717) is 24.2 Å². The summed E-state index contributed by atoms with van der Waals surface area (Å²) in [5.74, 6) is -2.23. The molecule has 0 saturated heterocycles. The summed E-state index contributed by atoms with van der Waals surface area (Å²) in [6.45, 7) is 4.91. The summed E-state index contributed by atoms with van der Waals surface area (Å²) in [5, 5.41) is 17.2. The van der Waals surface area contributed by atoms with Gasteiger partial charge in [-0.15, -0.1) is 0 Å². The first-order valence-electron chi connectivity index (χ1n) is 14.7. The van der Waals surface area contributed by atoms with E-state index in [0.717, 1.165) is 29.2 Å². The fourth-order valence-corrected chi connectivity index (χ4v) is 5.17. The van der Waals surface area contributed by atoms with Crippen molar-refractivity contribution in [2.24, 2.45) is 0 Å². The third-order valence-corrected chi connectivity index (χ3v) is 7.44. The molecule has 4 aromatic rings. The smallest absolute Gasteiger partial charge is 0.253 e. The number of aliphatic hydroxyl groups is 1. The van der Waals surface area contributed by atoms with Crippen LogP contribution in [0.5, 0.6) is 0 Å². The van der Waals surface area contributed by atoms with Crippen LogP contribution >= 0.6 is 0 Å². The van der Waals surface area contributed by atoms with Crippen molar-refractivity contribution < 1.29 is 23.5 Å². The Hall–Kier alpha value is -4.40. The Balaban J connectivity index is 1.50. The second-order valence-corrected chi connectivity index (χ2v) is 11.2. The van der Waals surface area contributed by atoms with Crippen LogP contribution in [0.4, 0.5) is 8.78 Å². The van der Waals surface area contributed by atoms with E-state index in [1.807, 2.05) is 48.5 Å². The first kappa shape index (κ1) is 32.5. The Bertz CT molecular complexity index is 1560. The van der Waals surface area contributed by atoms with E-state index in [9.17, 15) is 23.5 Å². The lowest BCUT2D eigenvalue weighted by atomic mass is 9.99. The molecule has 0 aliphatic carbocycles. The zero-order chi connectivity index (χ0) is 31.6. The van der Waals surface area contributed by atoms with E-state index in [-0.39, 0.29) is 24.4 Å². The number of aryl methyl sites for hydroxylation is 2. The summed E-state index contributed by atoms with van der Waals surface area (Å²) in [5.41, 5.74) is 4.84. The van der Waals surface area contributed by atoms with Crippen LogP contribution in [-0.2, 0) is 25.9 Å². The Morgan fingerprint density at radius 3 is 2.18 bits per heavy atom. The summed E-state index contributed by atoms with van der Waals surface area (Å²) in [4.78, 5) is 28.4. The molecule has 0 radical (unpaired) electrons. The van der Waals surface area contributed by atoms with Gasteiger partial charge in [-0.2, -0.15) is 0 Å². The van der Waals surface area contributed by atoms with Crippen LogP contribution in [0.15, 0.2) is 91.0 Å². The van der Waals surface area contributed by atoms with E-state index in [4.69, 9.17) is 0 Å². The van der Waals surface area contributed by atoms with Gasteiger partial charge in [0.05, 0.1) is 12.1 Å². The summed E-state index contributed by atoms with van der Waals surface area (Å²) >= 11 is 0. The molecule has 4 rings (SSSR count). The van der Waals surface area contributed by atoms with Gasteiger partial charge in [0, 0.05) is 43.9 Å². The number of nitrogens with one attached hydrogen (secondary N) is 2. The van der Waals surface area contributed by atoms with Crippen molar-refractivity contribution in [3.63, 3.8) is 0 Å². The van der Waals surface area contributed by atoms with Crippen LogP contribution < -0.4 is 10.6 Å². The van der Waals surface area contributed by atoms with Crippen molar-refractivity contribution in [2.45, 2.75) is 51.9 Å². The first-order valence-corrected chi connectivity index (χ1v) is 14.7. The van der Waals surface area contributed by atoms with Crippen molar-refractivity contribution in [1.82, 2.24) is 15.5 Å². The van der Waals surface area contributed by atoms with E-state index in [2.05, 4.69) is 23.6 Å². The van der Waals surface area contributed by atoms with Crippen LogP contribution in [0, 0.1) is 18.6 Å². The molecule has 0 aromatic heterocycles. The number of hydrogen-bond donors (Lipinski definition) is 3. The second kappa shape index (κ2) is 15.4. The zero-order valence-electron chi connectivity index (χ0n) is 25.3. The highest BCUT2D eigenvalue weighted by Crippen LogP contribution is 2.16. The highest BCUT2D eigenvalue weighted by molar-refractivity contribution is 6.00. The van der Waals surface area contributed by atoms with Gasteiger partial charge < -0.3 is 20.6 Å². The van der Waals surface area contributed by atoms with E-state index in [1.165, 1.54) is 23.8 Å². The molecule has 8 heteroatoms. The molecule has 0 aliphatic rings. The second-order valence-electron chi connectivity index (χ2n) is 11.2. The number of carbonyl (C=O) groups is 2. The number of benzene rings is 4. The minimum Gasteiger partial charge on any atom is -0.390 e.